The first-order chi connectivity index (χ1) is 14.6. The minimum atomic E-state index is -0.594. The van der Waals surface area contributed by atoms with Crippen molar-refractivity contribution >= 4 is 28.3 Å². The quantitative estimate of drug-likeness (QED) is 0.316. The van der Waals surface area contributed by atoms with E-state index >= 15 is 0 Å². The molecule has 30 heavy (non-hydrogen) atoms. The first kappa shape index (κ1) is 18.0. The van der Waals surface area contributed by atoms with Crippen LogP contribution in [0.3, 0.4) is 0 Å². The van der Waals surface area contributed by atoms with Gasteiger partial charge in [0.05, 0.1) is 5.56 Å². The van der Waals surface area contributed by atoms with Crippen molar-refractivity contribution in [3.05, 3.63) is 107 Å². The van der Waals surface area contributed by atoms with E-state index in [4.69, 9.17) is 4.74 Å². The van der Waals surface area contributed by atoms with Crippen molar-refractivity contribution < 1.29 is 19.1 Å². The summed E-state index contributed by atoms with van der Waals surface area (Å²) in [5, 5.41) is 1.78. The summed E-state index contributed by atoms with van der Waals surface area (Å²) in [4.78, 5) is 37.7. The lowest BCUT2D eigenvalue weighted by Crippen LogP contribution is -2.14. The SMILES string of the molecule is O=C(OCC(=O)c1cccc2ccccc12)c1ccc2c(c1)-c1ccccc1C2=O. The number of esters is 1. The van der Waals surface area contributed by atoms with E-state index in [2.05, 4.69) is 0 Å². The fourth-order valence-corrected chi connectivity index (χ4v) is 3.91. The van der Waals surface area contributed by atoms with E-state index in [0.29, 0.717) is 27.8 Å². The first-order valence-electron chi connectivity index (χ1n) is 9.60. The molecule has 1 aliphatic rings. The molecule has 0 aromatic heterocycles. The van der Waals surface area contributed by atoms with Gasteiger partial charge >= 0.3 is 5.97 Å². The van der Waals surface area contributed by atoms with Crippen LogP contribution < -0.4 is 0 Å². The number of Topliss-reactive ketones (excluding diaryl/α,β-unsaturated/α-hetero) is 1. The third-order valence-electron chi connectivity index (χ3n) is 5.39. The number of fused-ring (bicyclic) bond motifs is 4. The Balaban J connectivity index is 1.37. The van der Waals surface area contributed by atoms with Gasteiger partial charge in [-0.15, -0.1) is 0 Å². The van der Waals surface area contributed by atoms with Gasteiger partial charge in [0, 0.05) is 16.7 Å². The Kier molecular flexibility index (Phi) is 4.25. The van der Waals surface area contributed by atoms with Crippen molar-refractivity contribution in [1.29, 1.82) is 0 Å². The minimum Gasteiger partial charge on any atom is -0.454 e. The molecular formula is C26H16O4. The summed E-state index contributed by atoms with van der Waals surface area (Å²) in [6.45, 7) is -0.348. The Labute approximate surface area is 172 Å². The highest BCUT2D eigenvalue weighted by atomic mass is 16.5. The number of hydrogen-bond acceptors (Lipinski definition) is 4. The molecule has 0 spiro atoms. The van der Waals surface area contributed by atoms with Gasteiger partial charge in [-0.2, -0.15) is 0 Å². The summed E-state index contributed by atoms with van der Waals surface area (Å²) in [5.74, 6) is -0.906. The molecule has 4 aromatic carbocycles. The van der Waals surface area contributed by atoms with Crippen LogP contribution in [0.25, 0.3) is 21.9 Å². The maximum Gasteiger partial charge on any atom is 0.338 e. The molecule has 0 saturated carbocycles. The molecule has 4 nitrogen and oxygen atoms in total. The molecule has 4 heteroatoms. The molecule has 0 amide bonds. The lowest BCUT2D eigenvalue weighted by atomic mass is 10.0. The molecule has 0 atom stereocenters. The Bertz CT molecular complexity index is 1350. The lowest BCUT2D eigenvalue weighted by molar-refractivity contribution is 0.0475. The van der Waals surface area contributed by atoms with Crippen LogP contribution >= 0.6 is 0 Å². The van der Waals surface area contributed by atoms with E-state index in [1.165, 1.54) is 0 Å². The van der Waals surface area contributed by atoms with E-state index in [1.807, 2.05) is 54.6 Å². The van der Waals surface area contributed by atoms with Gasteiger partial charge in [0.2, 0.25) is 5.78 Å². The van der Waals surface area contributed by atoms with E-state index in [-0.39, 0.29) is 18.2 Å². The number of carbonyl (C=O) groups excluding carboxylic acids is 3. The number of rotatable bonds is 4. The van der Waals surface area contributed by atoms with Gasteiger partial charge in [-0.25, -0.2) is 4.79 Å². The van der Waals surface area contributed by atoms with Crippen LogP contribution in [0, 0.1) is 0 Å². The van der Waals surface area contributed by atoms with E-state index in [9.17, 15) is 14.4 Å². The Morgan fingerprint density at radius 2 is 1.40 bits per heavy atom. The normalized spacial score (nSPS) is 11.8. The van der Waals surface area contributed by atoms with Gasteiger partial charge in [0.25, 0.3) is 0 Å². The van der Waals surface area contributed by atoms with Crippen molar-refractivity contribution in [1.82, 2.24) is 0 Å². The topological polar surface area (TPSA) is 60.4 Å². The molecule has 1 aliphatic carbocycles. The monoisotopic (exact) mass is 392 g/mol. The Hall–Kier alpha value is -4.05. The van der Waals surface area contributed by atoms with Crippen LogP contribution in [0.5, 0.6) is 0 Å². The molecule has 0 saturated heterocycles. The first-order valence-corrected chi connectivity index (χ1v) is 9.60. The standard InChI is InChI=1S/C26H16O4/c27-24(20-11-5-7-16-6-1-2-8-18(16)20)15-30-26(29)17-12-13-22-23(14-17)19-9-3-4-10-21(19)25(22)28/h1-14H,15H2. The Morgan fingerprint density at radius 3 is 2.27 bits per heavy atom. The average molecular weight is 392 g/mol. The third-order valence-corrected chi connectivity index (χ3v) is 5.39. The van der Waals surface area contributed by atoms with E-state index in [0.717, 1.165) is 16.3 Å². The molecular weight excluding hydrogens is 376 g/mol. The van der Waals surface area contributed by atoms with Gasteiger partial charge in [-0.1, -0.05) is 66.7 Å². The maximum absolute atomic E-state index is 12.7. The summed E-state index contributed by atoms with van der Waals surface area (Å²) in [7, 11) is 0. The number of ketones is 2. The zero-order valence-corrected chi connectivity index (χ0v) is 15.9. The van der Waals surface area contributed by atoms with Gasteiger partial charge < -0.3 is 4.74 Å². The van der Waals surface area contributed by atoms with E-state index < -0.39 is 5.97 Å². The number of benzene rings is 4. The number of ether oxygens (including phenoxy) is 1. The molecule has 0 fully saturated rings. The lowest BCUT2D eigenvalue weighted by Gasteiger charge is -2.08. The summed E-state index contributed by atoms with van der Waals surface area (Å²) in [6, 6.07) is 25.2. The second kappa shape index (κ2) is 7.08. The molecule has 0 heterocycles. The second-order valence-corrected chi connectivity index (χ2v) is 7.16. The second-order valence-electron chi connectivity index (χ2n) is 7.16. The minimum absolute atomic E-state index is 0.0494. The average Bonchev–Trinajstić information content (AvgIpc) is 3.08. The van der Waals surface area contributed by atoms with Crippen molar-refractivity contribution in [2.45, 2.75) is 0 Å². The molecule has 0 bridgehead atoms. The molecule has 5 rings (SSSR count). The Morgan fingerprint density at radius 1 is 0.700 bits per heavy atom. The molecule has 4 aromatic rings. The van der Waals surface area contributed by atoms with E-state index in [1.54, 1.807) is 30.3 Å². The van der Waals surface area contributed by atoms with Gasteiger partial charge in [0.1, 0.15) is 0 Å². The molecule has 0 radical (unpaired) electrons. The van der Waals surface area contributed by atoms with Crippen LogP contribution in [0.2, 0.25) is 0 Å². The third kappa shape index (κ3) is 2.90. The molecule has 144 valence electrons. The number of carbonyl (C=O) groups is 3. The fraction of sp³-hybridized carbons (Fsp3) is 0.0385. The summed E-state index contributed by atoms with van der Waals surface area (Å²) in [5.41, 5.74) is 3.55. The predicted molar refractivity (Wildman–Crippen MR) is 114 cm³/mol. The van der Waals surface area contributed by atoms with Gasteiger partial charge in [-0.05, 0) is 40.1 Å². The van der Waals surface area contributed by atoms with Crippen LogP contribution in [-0.4, -0.2) is 24.1 Å². The largest absolute Gasteiger partial charge is 0.454 e. The van der Waals surface area contributed by atoms with Crippen molar-refractivity contribution in [2.24, 2.45) is 0 Å². The van der Waals surface area contributed by atoms with Crippen molar-refractivity contribution in [3.8, 4) is 11.1 Å². The highest BCUT2D eigenvalue weighted by Crippen LogP contribution is 2.36. The van der Waals surface area contributed by atoms with Crippen LogP contribution in [0.15, 0.2) is 84.9 Å². The summed E-state index contributed by atoms with van der Waals surface area (Å²) < 4.78 is 5.29. The molecule has 0 aliphatic heterocycles. The zero-order valence-electron chi connectivity index (χ0n) is 15.9. The van der Waals surface area contributed by atoms with Crippen LogP contribution in [-0.2, 0) is 4.74 Å². The summed E-state index contributed by atoms with van der Waals surface area (Å²) in [6.07, 6.45) is 0. The highest BCUT2D eigenvalue weighted by molar-refractivity contribution is 6.22. The van der Waals surface area contributed by atoms with Crippen LogP contribution in [0.1, 0.15) is 36.6 Å². The van der Waals surface area contributed by atoms with Gasteiger partial charge in [0.15, 0.2) is 12.4 Å². The van der Waals surface area contributed by atoms with Crippen LogP contribution in [0.4, 0.5) is 0 Å². The van der Waals surface area contributed by atoms with Gasteiger partial charge in [-0.3, -0.25) is 9.59 Å². The molecule has 0 unspecified atom stereocenters. The van der Waals surface area contributed by atoms with Crippen molar-refractivity contribution in [3.63, 3.8) is 0 Å². The predicted octanol–water partition coefficient (Wildman–Crippen LogP) is 5.09. The number of hydrogen-bond donors (Lipinski definition) is 0. The fourth-order valence-electron chi connectivity index (χ4n) is 3.91. The highest BCUT2D eigenvalue weighted by Gasteiger charge is 2.27. The zero-order chi connectivity index (χ0) is 20.7. The summed E-state index contributed by atoms with van der Waals surface area (Å²) >= 11 is 0. The maximum atomic E-state index is 12.7. The smallest absolute Gasteiger partial charge is 0.338 e. The van der Waals surface area contributed by atoms with Crippen molar-refractivity contribution in [2.75, 3.05) is 6.61 Å². The molecule has 0 N–H and O–H groups in total.